The van der Waals surface area contributed by atoms with E-state index in [2.05, 4.69) is 5.32 Å². The van der Waals surface area contributed by atoms with Crippen molar-refractivity contribution in [2.45, 2.75) is 64.9 Å². The van der Waals surface area contributed by atoms with Gasteiger partial charge in [0.1, 0.15) is 12.2 Å². The summed E-state index contributed by atoms with van der Waals surface area (Å²) < 4.78 is 11.0. The molecule has 2 N–H and O–H groups in total. The fraction of sp³-hybridized carbons (Fsp3) is 0.440. The number of nitrogens with one attached hydrogen (secondary N) is 1. The van der Waals surface area contributed by atoms with Gasteiger partial charge in [-0.1, -0.05) is 74.5 Å². The Morgan fingerprint density at radius 1 is 0.935 bits per heavy atom. The van der Waals surface area contributed by atoms with Gasteiger partial charge in [-0.05, 0) is 37.8 Å². The number of benzene rings is 2. The van der Waals surface area contributed by atoms with E-state index in [-0.39, 0.29) is 18.9 Å². The lowest BCUT2D eigenvalue weighted by molar-refractivity contribution is -0.170. The Hall–Kier alpha value is -2.86. The van der Waals surface area contributed by atoms with Crippen LogP contribution in [0.4, 0.5) is 4.79 Å². The minimum atomic E-state index is -1.71. The van der Waals surface area contributed by atoms with Crippen molar-refractivity contribution in [1.82, 2.24) is 5.32 Å². The van der Waals surface area contributed by atoms with Gasteiger partial charge in [-0.25, -0.2) is 9.59 Å². The summed E-state index contributed by atoms with van der Waals surface area (Å²) in [4.78, 5) is 26.2. The number of rotatable bonds is 8. The van der Waals surface area contributed by atoms with E-state index in [0.29, 0.717) is 0 Å². The van der Waals surface area contributed by atoms with E-state index >= 15 is 0 Å². The molecule has 0 aromatic heterocycles. The first-order valence-electron chi connectivity index (χ1n) is 10.5. The summed E-state index contributed by atoms with van der Waals surface area (Å²) in [7, 11) is 0. The highest BCUT2D eigenvalue weighted by Crippen LogP contribution is 2.27. The number of hydrogen-bond donors (Lipinski definition) is 2. The molecular weight excluding hydrogens is 394 g/mol. The highest BCUT2D eigenvalue weighted by Gasteiger charge is 2.50. The number of hydrogen-bond acceptors (Lipinski definition) is 5. The SMILES string of the molecule is CC(C)[C@H](O)[C@@](Cc1ccccc1)(NC(=O)OCc1ccccc1)C(=O)OC(C)(C)C. The third-order valence-electron chi connectivity index (χ3n) is 4.76. The smallest absolute Gasteiger partial charge is 0.408 e. The maximum Gasteiger partial charge on any atom is 0.408 e. The topological polar surface area (TPSA) is 84.9 Å². The van der Waals surface area contributed by atoms with Crippen molar-refractivity contribution in [3.8, 4) is 0 Å². The van der Waals surface area contributed by atoms with Crippen LogP contribution in [-0.2, 0) is 27.3 Å². The number of aliphatic hydroxyl groups excluding tert-OH is 1. The number of ether oxygens (including phenoxy) is 2. The lowest BCUT2D eigenvalue weighted by atomic mass is 9.80. The first-order chi connectivity index (χ1) is 14.5. The van der Waals surface area contributed by atoms with Crippen LogP contribution in [-0.4, -0.2) is 34.4 Å². The van der Waals surface area contributed by atoms with E-state index in [1.165, 1.54) is 0 Å². The number of carbonyl (C=O) groups excluding carboxylic acids is 2. The van der Waals surface area contributed by atoms with Crippen molar-refractivity contribution in [2.24, 2.45) is 5.92 Å². The predicted molar refractivity (Wildman–Crippen MR) is 119 cm³/mol. The van der Waals surface area contributed by atoms with Gasteiger partial charge >= 0.3 is 12.1 Å². The molecule has 6 heteroatoms. The number of esters is 1. The normalized spacial score (nSPS) is 14.4. The van der Waals surface area contributed by atoms with Gasteiger partial charge in [0.15, 0.2) is 5.54 Å². The second-order valence-corrected chi connectivity index (χ2v) is 9.01. The second-order valence-electron chi connectivity index (χ2n) is 9.01. The predicted octanol–water partition coefficient (Wildman–Crippen LogP) is 4.25. The van der Waals surface area contributed by atoms with Crippen LogP contribution in [0.15, 0.2) is 60.7 Å². The molecule has 0 aliphatic carbocycles. The van der Waals surface area contributed by atoms with Gasteiger partial charge in [0, 0.05) is 6.42 Å². The summed E-state index contributed by atoms with van der Waals surface area (Å²) in [5.74, 6) is -1.03. The highest BCUT2D eigenvalue weighted by molar-refractivity contribution is 5.87. The maximum atomic E-state index is 13.4. The molecule has 2 rings (SSSR count). The van der Waals surface area contributed by atoms with Crippen molar-refractivity contribution < 1.29 is 24.2 Å². The molecule has 168 valence electrons. The Balaban J connectivity index is 2.36. The third kappa shape index (κ3) is 7.10. The third-order valence-corrected chi connectivity index (χ3v) is 4.76. The molecule has 0 aliphatic rings. The van der Waals surface area contributed by atoms with Crippen molar-refractivity contribution in [2.75, 3.05) is 0 Å². The summed E-state index contributed by atoms with van der Waals surface area (Å²) in [6, 6.07) is 18.4. The molecule has 0 bridgehead atoms. The van der Waals surface area contributed by atoms with Gasteiger partial charge in [-0.15, -0.1) is 0 Å². The zero-order valence-electron chi connectivity index (χ0n) is 18.9. The van der Waals surface area contributed by atoms with Gasteiger partial charge in [0.05, 0.1) is 6.10 Å². The minimum absolute atomic E-state index is 0.0418. The van der Waals surface area contributed by atoms with Crippen LogP contribution in [0.5, 0.6) is 0 Å². The van der Waals surface area contributed by atoms with Crippen molar-refractivity contribution in [3.05, 3.63) is 71.8 Å². The molecule has 0 radical (unpaired) electrons. The number of aliphatic hydroxyl groups is 1. The average molecular weight is 428 g/mol. The minimum Gasteiger partial charge on any atom is -0.458 e. The fourth-order valence-corrected chi connectivity index (χ4v) is 3.26. The molecule has 0 aliphatic heterocycles. The molecule has 0 fully saturated rings. The van der Waals surface area contributed by atoms with Gasteiger partial charge < -0.3 is 19.9 Å². The van der Waals surface area contributed by atoms with Crippen molar-refractivity contribution in [1.29, 1.82) is 0 Å². The molecule has 0 spiro atoms. The van der Waals surface area contributed by atoms with Crippen LogP contribution in [0.3, 0.4) is 0 Å². The first-order valence-corrected chi connectivity index (χ1v) is 10.5. The summed E-state index contributed by atoms with van der Waals surface area (Å²) in [5, 5.41) is 13.8. The quantitative estimate of drug-likeness (QED) is 0.615. The van der Waals surface area contributed by atoms with E-state index in [1.807, 2.05) is 60.7 Å². The van der Waals surface area contributed by atoms with Gasteiger partial charge in [0.25, 0.3) is 0 Å². The molecule has 0 unspecified atom stereocenters. The Kier molecular flexibility index (Phi) is 8.22. The number of alkyl carbamates (subject to hydrolysis) is 1. The summed E-state index contributed by atoms with van der Waals surface area (Å²) in [6.45, 7) is 8.84. The van der Waals surface area contributed by atoms with Gasteiger partial charge in [-0.2, -0.15) is 0 Å². The molecule has 2 atom stereocenters. The highest BCUT2D eigenvalue weighted by atomic mass is 16.6. The maximum absolute atomic E-state index is 13.4. The number of carbonyl (C=O) groups is 2. The van der Waals surface area contributed by atoms with E-state index < -0.39 is 29.3 Å². The zero-order chi connectivity index (χ0) is 23.1. The van der Waals surface area contributed by atoms with E-state index in [9.17, 15) is 14.7 Å². The summed E-state index contributed by atoms with van der Waals surface area (Å²) in [6.07, 6.45) is -1.94. The largest absolute Gasteiger partial charge is 0.458 e. The Morgan fingerprint density at radius 3 is 1.94 bits per heavy atom. The molecule has 31 heavy (non-hydrogen) atoms. The standard InChI is InChI=1S/C25H33NO5/c1-18(2)21(27)25(22(28)31-24(3,4)5,16-19-12-8-6-9-13-19)26-23(29)30-17-20-14-10-7-11-15-20/h6-15,18,21,27H,16-17H2,1-5H3,(H,26,29)/t21-,25+/m0/s1. The van der Waals surface area contributed by atoms with E-state index in [1.54, 1.807) is 34.6 Å². The van der Waals surface area contributed by atoms with Crippen LogP contribution in [0, 0.1) is 5.92 Å². The lowest BCUT2D eigenvalue weighted by Gasteiger charge is -2.39. The summed E-state index contributed by atoms with van der Waals surface area (Å²) >= 11 is 0. The fourth-order valence-electron chi connectivity index (χ4n) is 3.26. The second kappa shape index (κ2) is 10.4. The average Bonchev–Trinajstić information content (AvgIpc) is 2.71. The van der Waals surface area contributed by atoms with Crippen LogP contribution < -0.4 is 5.32 Å². The first kappa shape index (κ1) is 24.4. The monoisotopic (exact) mass is 427 g/mol. The van der Waals surface area contributed by atoms with Crippen LogP contribution in [0.25, 0.3) is 0 Å². The van der Waals surface area contributed by atoms with Gasteiger partial charge in [-0.3, -0.25) is 0 Å². The molecule has 1 amide bonds. The Labute approximate surface area is 184 Å². The molecular formula is C25H33NO5. The van der Waals surface area contributed by atoms with Gasteiger partial charge in [0.2, 0.25) is 0 Å². The molecule has 0 saturated heterocycles. The van der Waals surface area contributed by atoms with Crippen LogP contribution in [0.1, 0.15) is 45.7 Å². The lowest BCUT2D eigenvalue weighted by Crippen LogP contribution is -2.66. The molecule has 0 heterocycles. The molecule has 2 aromatic carbocycles. The van der Waals surface area contributed by atoms with Crippen molar-refractivity contribution >= 4 is 12.1 Å². The van der Waals surface area contributed by atoms with E-state index in [4.69, 9.17) is 9.47 Å². The molecule has 2 aromatic rings. The molecule has 6 nitrogen and oxygen atoms in total. The van der Waals surface area contributed by atoms with Crippen molar-refractivity contribution in [3.63, 3.8) is 0 Å². The molecule has 0 saturated carbocycles. The number of amides is 1. The Bertz CT molecular complexity index is 845. The van der Waals surface area contributed by atoms with Crippen LogP contribution >= 0.6 is 0 Å². The van der Waals surface area contributed by atoms with E-state index in [0.717, 1.165) is 11.1 Å². The van der Waals surface area contributed by atoms with Crippen LogP contribution in [0.2, 0.25) is 0 Å². The summed E-state index contributed by atoms with van der Waals surface area (Å²) in [5.41, 5.74) is -0.925. The Morgan fingerprint density at radius 2 is 1.45 bits per heavy atom. The zero-order valence-corrected chi connectivity index (χ0v) is 18.9.